The molecule has 0 saturated heterocycles. The summed E-state index contributed by atoms with van der Waals surface area (Å²) in [7, 11) is -4.35. The van der Waals surface area contributed by atoms with E-state index in [1.807, 2.05) is 10.6 Å². The number of nitrogens with one attached hydrogen (secondary N) is 1. The molecule has 0 heterocycles. The van der Waals surface area contributed by atoms with Crippen molar-refractivity contribution in [3.8, 4) is 12.3 Å². The first-order valence-corrected chi connectivity index (χ1v) is 7.20. The molecule has 0 radical (unpaired) electrons. The van der Waals surface area contributed by atoms with E-state index in [9.17, 15) is 23.6 Å². The number of aliphatic hydroxyl groups is 2. The summed E-state index contributed by atoms with van der Waals surface area (Å²) < 4.78 is 26.3. The van der Waals surface area contributed by atoms with Crippen LogP contribution in [0.15, 0.2) is 29.2 Å². The van der Waals surface area contributed by atoms with E-state index in [1.54, 1.807) is 0 Å². The lowest BCUT2D eigenvalue weighted by atomic mass is 9.99. The van der Waals surface area contributed by atoms with Crippen molar-refractivity contribution in [2.75, 3.05) is 6.61 Å². The third kappa shape index (κ3) is 3.77. The van der Waals surface area contributed by atoms with Gasteiger partial charge in [0.1, 0.15) is 5.60 Å². The van der Waals surface area contributed by atoms with Gasteiger partial charge in [-0.3, -0.25) is 10.1 Å². The fourth-order valence-corrected chi connectivity index (χ4v) is 3.00. The molecule has 1 aromatic rings. The highest BCUT2D eigenvalue weighted by molar-refractivity contribution is 7.89. The zero-order valence-corrected chi connectivity index (χ0v) is 11.9. The Morgan fingerprint density at radius 3 is 2.57 bits per heavy atom. The Hall–Kier alpha value is -1.99. The maximum Gasteiger partial charge on any atom is 0.289 e. The number of terminal acetylenes is 1. The van der Waals surface area contributed by atoms with Crippen molar-refractivity contribution < 1.29 is 23.6 Å². The Kier molecular flexibility index (Phi) is 5.03. The van der Waals surface area contributed by atoms with Gasteiger partial charge in [0.05, 0.1) is 17.6 Å². The standard InChI is InChI=1S/C12H14N2O6S/c1-3-12(2,16)11(8-15)13-21(19,20)10-7-5-4-6-9(10)14(17)18/h1,4-7,11,13,15-16H,8H2,2H3/t11-,12+/m1/s1. The first kappa shape index (κ1) is 17.1. The second-order valence-corrected chi connectivity index (χ2v) is 6.06. The van der Waals surface area contributed by atoms with E-state index >= 15 is 0 Å². The number of nitrogens with zero attached hydrogens (tertiary/aromatic N) is 1. The van der Waals surface area contributed by atoms with Crippen molar-refractivity contribution in [1.29, 1.82) is 0 Å². The van der Waals surface area contributed by atoms with Crippen LogP contribution in [0, 0.1) is 22.5 Å². The smallest absolute Gasteiger partial charge is 0.289 e. The Morgan fingerprint density at radius 2 is 2.10 bits per heavy atom. The third-order valence-corrected chi connectivity index (χ3v) is 4.32. The van der Waals surface area contributed by atoms with Crippen molar-refractivity contribution >= 4 is 15.7 Å². The van der Waals surface area contributed by atoms with E-state index in [-0.39, 0.29) is 0 Å². The molecule has 0 aromatic heterocycles. The summed E-state index contributed by atoms with van der Waals surface area (Å²) >= 11 is 0. The molecule has 0 unspecified atom stereocenters. The Bertz CT molecular complexity index is 677. The molecule has 0 aliphatic carbocycles. The highest BCUT2D eigenvalue weighted by atomic mass is 32.2. The minimum Gasteiger partial charge on any atom is -0.395 e. The maximum absolute atomic E-state index is 12.2. The molecule has 0 fully saturated rings. The van der Waals surface area contributed by atoms with Gasteiger partial charge in [-0.15, -0.1) is 6.42 Å². The average Bonchev–Trinajstić information content (AvgIpc) is 2.44. The Morgan fingerprint density at radius 1 is 1.52 bits per heavy atom. The first-order valence-electron chi connectivity index (χ1n) is 5.72. The number of benzene rings is 1. The highest BCUT2D eigenvalue weighted by Crippen LogP contribution is 2.23. The summed E-state index contributed by atoms with van der Waals surface area (Å²) in [6.07, 6.45) is 5.06. The predicted octanol–water partition coefficient (Wildman–Crippen LogP) is -0.382. The van der Waals surface area contributed by atoms with Crippen LogP contribution in [0.4, 0.5) is 5.69 Å². The average molecular weight is 314 g/mol. The molecule has 3 N–H and O–H groups in total. The largest absolute Gasteiger partial charge is 0.395 e. The molecule has 0 amide bonds. The van der Waals surface area contributed by atoms with Crippen molar-refractivity contribution in [1.82, 2.24) is 4.72 Å². The predicted molar refractivity (Wildman–Crippen MR) is 73.7 cm³/mol. The summed E-state index contributed by atoms with van der Waals surface area (Å²) in [5.74, 6) is 1.94. The van der Waals surface area contributed by atoms with Crippen LogP contribution >= 0.6 is 0 Å². The normalized spacial score (nSPS) is 15.7. The lowest BCUT2D eigenvalue weighted by Gasteiger charge is -2.27. The molecule has 8 nitrogen and oxygen atoms in total. The monoisotopic (exact) mass is 314 g/mol. The number of hydrogen-bond donors (Lipinski definition) is 3. The van der Waals surface area contributed by atoms with Crippen LogP contribution in [0.3, 0.4) is 0 Å². The van der Waals surface area contributed by atoms with E-state index in [0.717, 1.165) is 19.1 Å². The molecule has 0 aliphatic heterocycles. The summed E-state index contributed by atoms with van der Waals surface area (Å²) in [6, 6.07) is 3.29. The SMILES string of the molecule is C#C[C@](C)(O)[C@@H](CO)NS(=O)(=O)c1ccccc1[N+](=O)[O-]. The van der Waals surface area contributed by atoms with Crippen LogP contribution < -0.4 is 4.72 Å². The van der Waals surface area contributed by atoms with Crippen molar-refractivity contribution in [2.45, 2.75) is 23.5 Å². The number of nitro benzene ring substituents is 1. The highest BCUT2D eigenvalue weighted by Gasteiger charge is 2.35. The summed E-state index contributed by atoms with van der Waals surface area (Å²) in [6.45, 7) is 0.354. The quantitative estimate of drug-likeness (QED) is 0.373. The fourth-order valence-electron chi connectivity index (χ4n) is 1.52. The zero-order valence-electron chi connectivity index (χ0n) is 11.1. The minimum absolute atomic E-state index is 0.582. The third-order valence-electron chi connectivity index (χ3n) is 2.80. The second kappa shape index (κ2) is 6.19. The Labute approximate surface area is 121 Å². The lowest BCUT2D eigenvalue weighted by molar-refractivity contribution is -0.387. The maximum atomic E-state index is 12.2. The molecule has 2 atom stereocenters. The fraction of sp³-hybridized carbons (Fsp3) is 0.333. The molecule has 0 saturated carbocycles. The van der Waals surface area contributed by atoms with Gasteiger partial charge in [0.15, 0.2) is 4.90 Å². The molecule has 1 rings (SSSR count). The second-order valence-electron chi connectivity index (χ2n) is 4.37. The molecule has 0 bridgehead atoms. The zero-order chi connectivity index (χ0) is 16.3. The van der Waals surface area contributed by atoms with E-state index < -0.39 is 43.8 Å². The van der Waals surface area contributed by atoms with Crippen LogP contribution in [0.5, 0.6) is 0 Å². The van der Waals surface area contributed by atoms with Crippen LogP contribution in [0.1, 0.15) is 6.92 Å². The van der Waals surface area contributed by atoms with Gasteiger partial charge >= 0.3 is 0 Å². The summed E-state index contributed by atoms with van der Waals surface area (Å²) in [4.78, 5) is 9.43. The van der Waals surface area contributed by atoms with E-state index in [2.05, 4.69) is 0 Å². The van der Waals surface area contributed by atoms with Crippen LogP contribution in [-0.2, 0) is 10.0 Å². The van der Waals surface area contributed by atoms with Gasteiger partial charge < -0.3 is 10.2 Å². The van der Waals surface area contributed by atoms with Crippen LogP contribution in [0.2, 0.25) is 0 Å². The molecule has 1 aromatic carbocycles. The summed E-state index contributed by atoms with van der Waals surface area (Å²) in [5, 5.41) is 29.8. The number of para-hydroxylation sites is 1. The van der Waals surface area contributed by atoms with Crippen LogP contribution in [0.25, 0.3) is 0 Å². The topological polar surface area (TPSA) is 130 Å². The first-order chi connectivity index (χ1) is 9.65. The number of hydrogen-bond acceptors (Lipinski definition) is 6. The van der Waals surface area contributed by atoms with Gasteiger partial charge in [-0.2, -0.15) is 0 Å². The van der Waals surface area contributed by atoms with Crippen molar-refractivity contribution in [3.05, 3.63) is 34.4 Å². The lowest BCUT2D eigenvalue weighted by Crippen LogP contribution is -2.52. The molecule has 9 heteroatoms. The summed E-state index contributed by atoms with van der Waals surface area (Å²) in [5.41, 5.74) is -2.58. The van der Waals surface area contributed by atoms with Gasteiger partial charge in [-0.25, -0.2) is 13.1 Å². The van der Waals surface area contributed by atoms with Gasteiger partial charge in [0.2, 0.25) is 10.0 Å². The van der Waals surface area contributed by atoms with E-state index in [0.29, 0.717) is 0 Å². The van der Waals surface area contributed by atoms with E-state index in [4.69, 9.17) is 11.5 Å². The molecule has 0 aliphatic rings. The number of nitro groups is 1. The molecule has 21 heavy (non-hydrogen) atoms. The number of aliphatic hydroxyl groups excluding tert-OH is 1. The van der Waals surface area contributed by atoms with Gasteiger partial charge in [0.25, 0.3) is 5.69 Å². The number of rotatable bonds is 6. The van der Waals surface area contributed by atoms with Crippen molar-refractivity contribution in [2.24, 2.45) is 0 Å². The molecular weight excluding hydrogens is 300 g/mol. The van der Waals surface area contributed by atoms with Gasteiger partial charge in [-0.1, -0.05) is 18.1 Å². The molecule has 0 spiro atoms. The Balaban J connectivity index is 3.25. The van der Waals surface area contributed by atoms with E-state index in [1.165, 1.54) is 12.1 Å². The van der Waals surface area contributed by atoms with Gasteiger partial charge in [0, 0.05) is 6.07 Å². The number of sulfonamides is 1. The minimum atomic E-state index is -4.35. The van der Waals surface area contributed by atoms with Crippen LogP contribution in [-0.4, -0.2) is 41.8 Å². The van der Waals surface area contributed by atoms with Crippen molar-refractivity contribution in [3.63, 3.8) is 0 Å². The molecular formula is C12H14N2O6S. The molecule has 114 valence electrons. The van der Waals surface area contributed by atoms with Gasteiger partial charge in [-0.05, 0) is 13.0 Å².